The summed E-state index contributed by atoms with van der Waals surface area (Å²) >= 11 is 0. The van der Waals surface area contributed by atoms with Crippen molar-refractivity contribution in [2.45, 2.75) is 6.92 Å². The van der Waals surface area contributed by atoms with Crippen LogP contribution in [0.25, 0.3) is 0 Å². The minimum Gasteiger partial charge on any atom is -0.481 e. The molecule has 0 aliphatic carbocycles. The van der Waals surface area contributed by atoms with Gasteiger partial charge in [-0.05, 0) is 6.92 Å². The highest BCUT2D eigenvalue weighted by molar-refractivity contribution is 5.87. The molecule has 0 bridgehead atoms. The van der Waals surface area contributed by atoms with Gasteiger partial charge in [-0.25, -0.2) is 0 Å². The molecule has 0 aromatic heterocycles. The van der Waals surface area contributed by atoms with Gasteiger partial charge in [-0.15, -0.1) is 5.16 Å². The summed E-state index contributed by atoms with van der Waals surface area (Å²) in [6.45, 7) is 1.42. The Balaban J connectivity index is 3.64. The van der Waals surface area contributed by atoms with Crippen LogP contribution in [0.3, 0.4) is 0 Å². The van der Waals surface area contributed by atoms with Gasteiger partial charge in [-0.3, -0.25) is 4.79 Å². The van der Waals surface area contributed by atoms with Crippen LogP contribution in [0.15, 0.2) is 5.16 Å². The Labute approximate surface area is 46.4 Å². The van der Waals surface area contributed by atoms with Gasteiger partial charge in [-0.1, -0.05) is 0 Å². The van der Waals surface area contributed by atoms with Gasteiger partial charge in [0.1, 0.15) is 0 Å². The number of oxime groups is 1. The number of carboxylic acids is 1. The van der Waals surface area contributed by atoms with Crippen molar-refractivity contribution in [1.82, 2.24) is 0 Å². The first-order valence-corrected chi connectivity index (χ1v) is 2.09. The van der Waals surface area contributed by atoms with E-state index >= 15 is 0 Å². The van der Waals surface area contributed by atoms with Gasteiger partial charge in [0.05, 0.1) is 12.1 Å². The zero-order valence-corrected chi connectivity index (χ0v) is 4.40. The van der Waals surface area contributed by atoms with Crippen molar-refractivity contribution in [2.75, 3.05) is 0 Å². The van der Waals surface area contributed by atoms with Gasteiger partial charge < -0.3 is 10.3 Å². The molecular formula is C4H7NO3. The topological polar surface area (TPSA) is 69.9 Å². The third-order valence-electron chi connectivity index (χ3n) is 0.680. The number of hydrogen-bond donors (Lipinski definition) is 2. The minimum atomic E-state index is -0.997. The zero-order chi connectivity index (χ0) is 6.57. The number of carbonyl (C=O) groups is 1. The number of aliphatic carboxylic acids is 1. The highest BCUT2D eigenvalue weighted by Crippen LogP contribution is 1.86. The van der Waals surface area contributed by atoms with Gasteiger partial charge in [0.25, 0.3) is 0 Å². The van der Waals surface area contributed by atoms with E-state index in [4.69, 9.17) is 10.3 Å². The largest absolute Gasteiger partial charge is 0.481 e. The van der Waals surface area contributed by atoms with Crippen LogP contribution >= 0.6 is 0 Å². The summed E-state index contributed by atoms with van der Waals surface area (Å²) in [5, 5.41) is 18.5. The molecule has 1 unspecified atom stereocenters. The second-order valence-electron chi connectivity index (χ2n) is 1.39. The van der Waals surface area contributed by atoms with Crippen LogP contribution in [-0.4, -0.2) is 22.5 Å². The first-order chi connectivity index (χ1) is 3.68. The van der Waals surface area contributed by atoms with Crippen LogP contribution in [0.2, 0.25) is 0 Å². The normalized spacial score (nSPS) is 14.1. The third-order valence-corrected chi connectivity index (χ3v) is 0.680. The summed E-state index contributed by atoms with van der Waals surface area (Å²) < 4.78 is 0. The predicted molar refractivity (Wildman–Crippen MR) is 27.1 cm³/mol. The first-order valence-electron chi connectivity index (χ1n) is 2.09. The maximum atomic E-state index is 9.89. The lowest BCUT2D eigenvalue weighted by molar-refractivity contribution is -0.138. The summed E-state index contributed by atoms with van der Waals surface area (Å²) in [4.78, 5) is 9.89. The average Bonchev–Trinajstić information content (AvgIpc) is 1.67. The van der Waals surface area contributed by atoms with E-state index in [1.165, 1.54) is 6.92 Å². The van der Waals surface area contributed by atoms with E-state index < -0.39 is 11.9 Å². The van der Waals surface area contributed by atoms with E-state index in [1.54, 1.807) is 0 Å². The van der Waals surface area contributed by atoms with Gasteiger partial charge >= 0.3 is 5.97 Å². The summed E-state index contributed by atoms with van der Waals surface area (Å²) in [5.74, 6) is -1.71. The number of rotatable bonds is 2. The zero-order valence-electron chi connectivity index (χ0n) is 4.40. The highest BCUT2D eigenvalue weighted by Gasteiger charge is 2.05. The summed E-state index contributed by atoms with van der Waals surface area (Å²) in [7, 11) is 0. The van der Waals surface area contributed by atoms with Gasteiger partial charge in [0.2, 0.25) is 0 Å². The predicted octanol–water partition coefficient (Wildman–Crippen LogP) is 0.167. The number of nitrogens with zero attached hydrogens (tertiary/aromatic N) is 1. The van der Waals surface area contributed by atoms with Crippen LogP contribution in [0.1, 0.15) is 6.92 Å². The Kier molecular flexibility index (Phi) is 2.61. The smallest absolute Gasteiger partial charge is 0.311 e. The first kappa shape index (κ1) is 6.94. The van der Waals surface area contributed by atoms with Crippen molar-refractivity contribution in [3.05, 3.63) is 0 Å². The van der Waals surface area contributed by atoms with Crippen molar-refractivity contribution < 1.29 is 15.1 Å². The van der Waals surface area contributed by atoms with Crippen LogP contribution in [0.4, 0.5) is 0 Å². The molecule has 46 valence electrons. The molecule has 4 heteroatoms. The standard InChI is InChI=1S/C4H7NO3/c1-3(2-5-8)4(6)7/h2-3,8H,1H3,(H,6,7)/b5-2+. The highest BCUT2D eigenvalue weighted by atomic mass is 16.4. The van der Waals surface area contributed by atoms with Gasteiger partial charge in [0.15, 0.2) is 0 Å². The number of carboxylic acid groups (broad SMARTS) is 1. The van der Waals surface area contributed by atoms with Crippen molar-refractivity contribution in [1.29, 1.82) is 0 Å². The second kappa shape index (κ2) is 3.01. The molecule has 4 nitrogen and oxygen atoms in total. The van der Waals surface area contributed by atoms with Crippen LogP contribution in [0.5, 0.6) is 0 Å². The van der Waals surface area contributed by atoms with E-state index in [0.717, 1.165) is 6.21 Å². The second-order valence-corrected chi connectivity index (χ2v) is 1.39. The Bertz CT molecular complexity index is 110. The lowest BCUT2D eigenvalue weighted by atomic mass is 10.2. The number of hydrogen-bond acceptors (Lipinski definition) is 3. The average molecular weight is 117 g/mol. The molecule has 1 atom stereocenters. The molecule has 0 rings (SSSR count). The Hall–Kier alpha value is -1.06. The van der Waals surface area contributed by atoms with E-state index in [0.29, 0.717) is 0 Å². The van der Waals surface area contributed by atoms with E-state index in [9.17, 15) is 4.79 Å². The van der Waals surface area contributed by atoms with Crippen LogP contribution in [-0.2, 0) is 4.79 Å². The molecule has 0 radical (unpaired) electrons. The summed E-state index contributed by atoms with van der Waals surface area (Å²) in [6.07, 6.45) is 0.947. The lowest BCUT2D eigenvalue weighted by Gasteiger charge is -1.91. The lowest BCUT2D eigenvalue weighted by Crippen LogP contribution is -2.09. The van der Waals surface area contributed by atoms with Crippen molar-refractivity contribution >= 4 is 12.2 Å². The van der Waals surface area contributed by atoms with Gasteiger partial charge in [-0.2, -0.15) is 0 Å². The van der Waals surface area contributed by atoms with Crippen molar-refractivity contribution in [3.63, 3.8) is 0 Å². The van der Waals surface area contributed by atoms with Crippen molar-refractivity contribution in [2.24, 2.45) is 11.1 Å². The molecule has 0 saturated heterocycles. The fourth-order valence-electron chi connectivity index (χ4n) is 0.164. The molecule has 0 saturated carbocycles. The SMILES string of the molecule is CC(/C=N/O)C(=O)O. The van der Waals surface area contributed by atoms with E-state index in [-0.39, 0.29) is 0 Å². The molecule has 0 aliphatic heterocycles. The maximum Gasteiger partial charge on any atom is 0.311 e. The molecule has 0 fully saturated rings. The third kappa shape index (κ3) is 2.17. The molecule has 0 heterocycles. The van der Waals surface area contributed by atoms with E-state index in [2.05, 4.69) is 5.16 Å². The molecule has 0 aromatic carbocycles. The Morgan fingerprint density at radius 2 is 2.38 bits per heavy atom. The fraction of sp³-hybridized carbons (Fsp3) is 0.500. The summed E-state index contributed by atoms with van der Waals surface area (Å²) in [5.41, 5.74) is 0. The minimum absolute atomic E-state index is 0.708. The molecular weight excluding hydrogens is 110 g/mol. The molecule has 8 heavy (non-hydrogen) atoms. The molecule has 0 aliphatic rings. The summed E-state index contributed by atoms with van der Waals surface area (Å²) in [6, 6.07) is 0. The fourth-order valence-corrected chi connectivity index (χ4v) is 0.164. The molecule has 0 spiro atoms. The Morgan fingerprint density at radius 3 is 2.50 bits per heavy atom. The van der Waals surface area contributed by atoms with Crippen molar-refractivity contribution in [3.8, 4) is 0 Å². The van der Waals surface area contributed by atoms with Crippen LogP contribution in [0, 0.1) is 5.92 Å². The molecule has 0 amide bonds. The van der Waals surface area contributed by atoms with Gasteiger partial charge in [0, 0.05) is 0 Å². The molecule has 2 N–H and O–H groups in total. The monoisotopic (exact) mass is 117 g/mol. The maximum absolute atomic E-state index is 9.89. The van der Waals surface area contributed by atoms with E-state index in [1.807, 2.05) is 0 Å². The van der Waals surface area contributed by atoms with Crippen LogP contribution < -0.4 is 0 Å². The Morgan fingerprint density at radius 1 is 1.88 bits per heavy atom. The quantitative estimate of drug-likeness (QED) is 0.307. The molecule has 0 aromatic rings.